The molecule has 0 aliphatic heterocycles. The number of aliphatic hydroxyl groups is 1. The quantitative estimate of drug-likeness (QED) is 0.771. The van der Waals surface area contributed by atoms with Gasteiger partial charge in [-0.05, 0) is 25.8 Å². The van der Waals surface area contributed by atoms with E-state index in [4.69, 9.17) is 5.11 Å². The van der Waals surface area contributed by atoms with Crippen LogP contribution >= 0.6 is 0 Å². The maximum atomic E-state index is 12.3. The molecular formula is C15H18N2O3. The Hall–Kier alpha value is -2.14. The number of hydrogen-bond donors (Lipinski definition) is 3. The van der Waals surface area contributed by atoms with Crippen LogP contribution in [0.1, 0.15) is 30.1 Å². The molecule has 0 spiro atoms. The molecule has 1 amide bonds. The molecule has 3 N–H and O–H groups in total. The van der Waals surface area contributed by atoms with Crippen LogP contribution in [0, 0.1) is 0 Å². The van der Waals surface area contributed by atoms with Gasteiger partial charge in [-0.1, -0.05) is 18.2 Å². The maximum absolute atomic E-state index is 12.3. The van der Waals surface area contributed by atoms with Crippen LogP contribution in [-0.4, -0.2) is 28.6 Å². The van der Waals surface area contributed by atoms with Crippen LogP contribution in [0.3, 0.4) is 0 Å². The van der Waals surface area contributed by atoms with Crippen molar-refractivity contribution in [3.05, 3.63) is 46.2 Å². The normalized spacial score (nSPS) is 12.3. The molecule has 0 saturated carbocycles. The van der Waals surface area contributed by atoms with Gasteiger partial charge in [0, 0.05) is 29.6 Å². The number of rotatable bonds is 5. The molecule has 1 unspecified atom stereocenters. The summed E-state index contributed by atoms with van der Waals surface area (Å²) in [4.78, 5) is 26.6. The molecule has 106 valence electrons. The van der Waals surface area contributed by atoms with E-state index < -0.39 is 0 Å². The van der Waals surface area contributed by atoms with Crippen LogP contribution in [-0.2, 0) is 0 Å². The van der Waals surface area contributed by atoms with Crippen molar-refractivity contribution in [1.82, 2.24) is 10.3 Å². The number of aromatic amines is 1. The van der Waals surface area contributed by atoms with E-state index in [1.807, 2.05) is 19.1 Å². The molecule has 0 fully saturated rings. The molecule has 2 aromatic rings. The number of carbonyl (C=O) groups is 1. The average molecular weight is 274 g/mol. The Morgan fingerprint density at radius 3 is 2.90 bits per heavy atom. The molecule has 0 bridgehead atoms. The fraction of sp³-hybridized carbons (Fsp3) is 0.333. The van der Waals surface area contributed by atoms with Gasteiger partial charge in [0.2, 0.25) is 5.56 Å². The Bertz CT molecular complexity index is 663. The van der Waals surface area contributed by atoms with Crippen LogP contribution in [0.4, 0.5) is 0 Å². The summed E-state index contributed by atoms with van der Waals surface area (Å²) in [5.41, 5.74) is 0.727. The minimum atomic E-state index is -0.295. The van der Waals surface area contributed by atoms with Gasteiger partial charge >= 0.3 is 0 Å². The van der Waals surface area contributed by atoms with E-state index in [2.05, 4.69) is 10.3 Å². The number of pyridine rings is 1. The molecule has 0 aliphatic rings. The lowest BCUT2D eigenvalue weighted by Crippen LogP contribution is -2.33. The van der Waals surface area contributed by atoms with Gasteiger partial charge in [-0.25, -0.2) is 0 Å². The maximum Gasteiger partial charge on any atom is 0.252 e. The van der Waals surface area contributed by atoms with Gasteiger partial charge in [-0.15, -0.1) is 0 Å². The SMILES string of the molecule is CC(CCCO)NC(=O)c1cc(=O)[nH]c2ccccc12. The summed E-state index contributed by atoms with van der Waals surface area (Å²) in [6.07, 6.45) is 1.33. The third-order valence-corrected chi connectivity index (χ3v) is 3.17. The van der Waals surface area contributed by atoms with E-state index in [9.17, 15) is 9.59 Å². The molecule has 0 radical (unpaired) electrons. The fourth-order valence-corrected chi connectivity index (χ4v) is 2.16. The predicted molar refractivity (Wildman–Crippen MR) is 77.8 cm³/mol. The summed E-state index contributed by atoms with van der Waals surface area (Å²) in [5.74, 6) is -0.266. The molecule has 1 heterocycles. The summed E-state index contributed by atoms with van der Waals surface area (Å²) in [5, 5.41) is 12.4. The van der Waals surface area contributed by atoms with Crippen molar-refractivity contribution in [3.63, 3.8) is 0 Å². The monoisotopic (exact) mass is 274 g/mol. The summed E-state index contributed by atoms with van der Waals surface area (Å²) >= 11 is 0. The Morgan fingerprint density at radius 1 is 1.40 bits per heavy atom. The van der Waals surface area contributed by atoms with Crippen molar-refractivity contribution in [2.75, 3.05) is 6.61 Å². The van der Waals surface area contributed by atoms with Crippen molar-refractivity contribution in [2.24, 2.45) is 0 Å². The lowest BCUT2D eigenvalue weighted by atomic mass is 10.1. The minimum Gasteiger partial charge on any atom is -0.396 e. The highest BCUT2D eigenvalue weighted by Crippen LogP contribution is 2.14. The van der Waals surface area contributed by atoms with Crippen LogP contribution in [0.15, 0.2) is 35.1 Å². The molecule has 2 rings (SSSR count). The molecule has 0 aliphatic carbocycles. The third kappa shape index (κ3) is 3.24. The topological polar surface area (TPSA) is 82.2 Å². The highest BCUT2D eigenvalue weighted by molar-refractivity contribution is 6.06. The largest absolute Gasteiger partial charge is 0.396 e. The number of hydrogen-bond acceptors (Lipinski definition) is 3. The number of aromatic nitrogens is 1. The molecule has 5 heteroatoms. The number of carbonyl (C=O) groups excluding carboxylic acids is 1. The number of nitrogens with one attached hydrogen (secondary N) is 2. The number of amides is 1. The zero-order valence-corrected chi connectivity index (χ0v) is 11.3. The van der Waals surface area contributed by atoms with Crippen LogP contribution in [0.5, 0.6) is 0 Å². The lowest BCUT2D eigenvalue weighted by molar-refractivity contribution is 0.0938. The summed E-state index contributed by atoms with van der Waals surface area (Å²) in [6.45, 7) is 1.98. The Morgan fingerprint density at radius 2 is 2.15 bits per heavy atom. The van der Waals surface area contributed by atoms with Gasteiger partial charge < -0.3 is 15.4 Å². The number of para-hydroxylation sites is 1. The Balaban J connectivity index is 2.28. The first kappa shape index (κ1) is 14.3. The standard InChI is InChI=1S/C15H18N2O3/c1-10(5-4-8-18)16-15(20)12-9-14(19)17-13-7-3-2-6-11(12)13/h2-3,6-7,9-10,18H,4-5,8H2,1H3,(H,16,20)(H,17,19). The second-order valence-electron chi connectivity index (χ2n) is 4.83. The fourth-order valence-electron chi connectivity index (χ4n) is 2.16. The molecule has 1 atom stereocenters. The van der Waals surface area contributed by atoms with E-state index in [1.165, 1.54) is 6.07 Å². The predicted octanol–water partition coefficient (Wildman–Crippen LogP) is 1.42. The second-order valence-corrected chi connectivity index (χ2v) is 4.83. The minimum absolute atomic E-state index is 0.0484. The molecular weight excluding hydrogens is 256 g/mol. The third-order valence-electron chi connectivity index (χ3n) is 3.17. The van der Waals surface area contributed by atoms with E-state index >= 15 is 0 Å². The first-order valence-electron chi connectivity index (χ1n) is 6.65. The Labute approximate surface area is 116 Å². The highest BCUT2D eigenvalue weighted by Gasteiger charge is 2.13. The van der Waals surface area contributed by atoms with Gasteiger partial charge in [0.05, 0.1) is 5.56 Å². The number of aliphatic hydroxyl groups excluding tert-OH is 1. The van der Waals surface area contributed by atoms with E-state index in [1.54, 1.807) is 12.1 Å². The van der Waals surface area contributed by atoms with Crippen molar-refractivity contribution in [3.8, 4) is 0 Å². The zero-order valence-electron chi connectivity index (χ0n) is 11.3. The van der Waals surface area contributed by atoms with Crippen LogP contribution < -0.4 is 10.9 Å². The molecule has 1 aromatic carbocycles. The summed E-state index contributed by atoms with van der Waals surface area (Å²) in [6, 6.07) is 8.47. The zero-order chi connectivity index (χ0) is 14.5. The summed E-state index contributed by atoms with van der Waals surface area (Å²) in [7, 11) is 0. The Kier molecular flexibility index (Phi) is 4.53. The average Bonchev–Trinajstić information content (AvgIpc) is 2.44. The number of H-pyrrole nitrogens is 1. The molecule has 20 heavy (non-hydrogen) atoms. The first-order chi connectivity index (χ1) is 9.61. The van der Waals surface area contributed by atoms with Gasteiger partial charge in [0.1, 0.15) is 0 Å². The number of benzene rings is 1. The lowest BCUT2D eigenvalue weighted by Gasteiger charge is -2.14. The molecule has 0 saturated heterocycles. The molecule has 5 nitrogen and oxygen atoms in total. The number of fused-ring (bicyclic) bond motifs is 1. The smallest absolute Gasteiger partial charge is 0.252 e. The highest BCUT2D eigenvalue weighted by atomic mass is 16.3. The van der Waals surface area contributed by atoms with Crippen molar-refractivity contribution < 1.29 is 9.90 Å². The van der Waals surface area contributed by atoms with Gasteiger partial charge in [-0.3, -0.25) is 9.59 Å². The van der Waals surface area contributed by atoms with Crippen LogP contribution in [0.2, 0.25) is 0 Å². The van der Waals surface area contributed by atoms with E-state index in [0.29, 0.717) is 23.9 Å². The van der Waals surface area contributed by atoms with Crippen molar-refractivity contribution in [2.45, 2.75) is 25.8 Å². The molecule has 1 aromatic heterocycles. The second kappa shape index (κ2) is 6.34. The van der Waals surface area contributed by atoms with Gasteiger partial charge in [0.25, 0.3) is 5.91 Å². The van der Waals surface area contributed by atoms with Crippen LogP contribution in [0.25, 0.3) is 10.9 Å². The van der Waals surface area contributed by atoms with Gasteiger partial charge in [0.15, 0.2) is 0 Å². The summed E-state index contributed by atoms with van der Waals surface area (Å²) < 4.78 is 0. The van der Waals surface area contributed by atoms with E-state index in [0.717, 1.165) is 5.39 Å². The van der Waals surface area contributed by atoms with Crippen molar-refractivity contribution in [1.29, 1.82) is 0 Å². The van der Waals surface area contributed by atoms with Gasteiger partial charge in [-0.2, -0.15) is 0 Å². The van der Waals surface area contributed by atoms with Crippen molar-refractivity contribution >= 4 is 16.8 Å². The van der Waals surface area contributed by atoms with E-state index in [-0.39, 0.29) is 24.1 Å². The first-order valence-corrected chi connectivity index (χ1v) is 6.65.